The molecule has 1 atom stereocenters. The molecular weight excluding hydrogens is 230 g/mol. The lowest BCUT2D eigenvalue weighted by molar-refractivity contribution is -0.137. The Morgan fingerprint density at radius 2 is 2.28 bits per heavy atom. The molecule has 4 nitrogen and oxygen atoms in total. The Labute approximate surface area is 107 Å². The number of carbonyl (C=O) groups is 1. The number of aryl methyl sites for hydroxylation is 1. The SMILES string of the molecule is CCc1ccc(OC)c(CC(C#N)CC(=O)O)c1. The van der Waals surface area contributed by atoms with E-state index in [0.717, 1.165) is 17.5 Å². The maximum atomic E-state index is 10.7. The van der Waals surface area contributed by atoms with Crippen LogP contribution in [-0.4, -0.2) is 18.2 Å². The van der Waals surface area contributed by atoms with E-state index >= 15 is 0 Å². The first kappa shape index (κ1) is 14.0. The first-order valence-corrected chi connectivity index (χ1v) is 5.87. The van der Waals surface area contributed by atoms with Crippen molar-refractivity contribution in [3.63, 3.8) is 0 Å². The van der Waals surface area contributed by atoms with Gasteiger partial charge in [-0.2, -0.15) is 5.26 Å². The maximum Gasteiger partial charge on any atom is 0.304 e. The van der Waals surface area contributed by atoms with Crippen LogP contribution in [0, 0.1) is 17.2 Å². The Morgan fingerprint density at radius 1 is 1.56 bits per heavy atom. The summed E-state index contributed by atoms with van der Waals surface area (Å²) in [5.41, 5.74) is 2.04. The summed E-state index contributed by atoms with van der Waals surface area (Å²) < 4.78 is 5.24. The lowest BCUT2D eigenvalue weighted by atomic mass is 9.95. The molecule has 0 aliphatic carbocycles. The van der Waals surface area contributed by atoms with Crippen molar-refractivity contribution in [2.45, 2.75) is 26.2 Å². The molecule has 0 aliphatic heterocycles. The number of hydrogen-bond acceptors (Lipinski definition) is 3. The summed E-state index contributed by atoms with van der Waals surface area (Å²) in [6.07, 6.45) is 1.16. The summed E-state index contributed by atoms with van der Waals surface area (Å²) in [7, 11) is 1.57. The van der Waals surface area contributed by atoms with E-state index in [-0.39, 0.29) is 6.42 Å². The van der Waals surface area contributed by atoms with Crippen LogP contribution in [-0.2, 0) is 17.6 Å². The molecule has 18 heavy (non-hydrogen) atoms. The number of benzene rings is 1. The van der Waals surface area contributed by atoms with Gasteiger partial charge in [-0.25, -0.2) is 0 Å². The van der Waals surface area contributed by atoms with Crippen LogP contribution in [0.15, 0.2) is 18.2 Å². The van der Waals surface area contributed by atoms with Gasteiger partial charge < -0.3 is 9.84 Å². The third kappa shape index (κ3) is 3.77. The molecule has 0 spiro atoms. The fraction of sp³-hybridized carbons (Fsp3) is 0.429. The molecule has 0 saturated heterocycles. The molecule has 0 radical (unpaired) electrons. The molecule has 0 aromatic heterocycles. The average Bonchev–Trinajstić information content (AvgIpc) is 2.37. The highest BCUT2D eigenvalue weighted by Gasteiger charge is 2.15. The molecular formula is C14H17NO3. The minimum absolute atomic E-state index is 0.143. The molecule has 0 saturated carbocycles. The van der Waals surface area contributed by atoms with E-state index in [9.17, 15) is 4.79 Å². The largest absolute Gasteiger partial charge is 0.496 e. The number of aliphatic carboxylic acids is 1. The van der Waals surface area contributed by atoms with Gasteiger partial charge in [0.25, 0.3) is 0 Å². The fourth-order valence-corrected chi connectivity index (χ4v) is 1.85. The number of carboxylic acid groups (broad SMARTS) is 1. The van der Waals surface area contributed by atoms with Crippen LogP contribution >= 0.6 is 0 Å². The molecule has 0 heterocycles. The molecule has 4 heteroatoms. The molecule has 96 valence electrons. The predicted molar refractivity (Wildman–Crippen MR) is 67.4 cm³/mol. The number of hydrogen-bond donors (Lipinski definition) is 1. The van der Waals surface area contributed by atoms with Crippen LogP contribution in [0.25, 0.3) is 0 Å². The van der Waals surface area contributed by atoms with Gasteiger partial charge in [0.15, 0.2) is 0 Å². The van der Waals surface area contributed by atoms with Crippen molar-refractivity contribution < 1.29 is 14.6 Å². The Balaban J connectivity index is 2.93. The van der Waals surface area contributed by atoms with E-state index in [4.69, 9.17) is 15.1 Å². The highest BCUT2D eigenvalue weighted by Crippen LogP contribution is 2.24. The summed E-state index contributed by atoms with van der Waals surface area (Å²) in [4.78, 5) is 10.7. The first-order valence-electron chi connectivity index (χ1n) is 5.87. The van der Waals surface area contributed by atoms with Gasteiger partial charge in [0, 0.05) is 0 Å². The summed E-state index contributed by atoms with van der Waals surface area (Å²) >= 11 is 0. The average molecular weight is 247 g/mol. The second-order valence-electron chi connectivity index (χ2n) is 4.13. The molecule has 1 unspecified atom stereocenters. The van der Waals surface area contributed by atoms with E-state index in [1.807, 2.05) is 31.2 Å². The number of ether oxygens (including phenoxy) is 1. The Morgan fingerprint density at radius 3 is 2.78 bits per heavy atom. The van der Waals surface area contributed by atoms with Gasteiger partial charge in [-0.15, -0.1) is 0 Å². The van der Waals surface area contributed by atoms with Crippen molar-refractivity contribution in [2.24, 2.45) is 5.92 Å². The molecule has 1 N–H and O–H groups in total. The summed E-state index contributed by atoms with van der Waals surface area (Å²) in [5.74, 6) is -0.770. The zero-order valence-electron chi connectivity index (χ0n) is 10.6. The van der Waals surface area contributed by atoms with Crippen LogP contribution in [0.3, 0.4) is 0 Å². The van der Waals surface area contributed by atoms with E-state index in [0.29, 0.717) is 12.2 Å². The van der Waals surface area contributed by atoms with Crippen molar-refractivity contribution in [3.8, 4) is 11.8 Å². The van der Waals surface area contributed by atoms with Crippen LogP contribution < -0.4 is 4.74 Å². The topological polar surface area (TPSA) is 70.3 Å². The van der Waals surface area contributed by atoms with Crippen LogP contribution in [0.1, 0.15) is 24.5 Å². The number of rotatable bonds is 6. The molecule has 0 bridgehead atoms. The summed E-state index contributed by atoms with van der Waals surface area (Å²) in [6, 6.07) is 7.85. The molecule has 0 aliphatic rings. The van der Waals surface area contributed by atoms with Gasteiger partial charge in [-0.3, -0.25) is 4.79 Å². The maximum absolute atomic E-state index is 10.7. The van der Waals surface area contributed by atoms with Crippen molar-refractivity contribution in [2.75, 3.05) is 7.11 Å². The van der Waals surface area contributed by atoms with Gasteiger partial charge in [0.2, 0.25) is 0 Å². The van der Waals surface area contributed by atoms with Gasteiger partial charge >= 0.3 is 5.97 Å². The second-order valence-corrected chi connectivity index (χ2v) is 4.13. The summed E-state index contributed by atoms with van der Waals surface area (Å²) in [6.45, 7) is 2.05. The lowest BCUT2D eigenvalue weighted by Gasteiger charge is -2.12. The first-order chi connectivity index (χ1) is 8.60. The van der Waals surface area contributed by atoms with E-state index in [1.165, 1.54) is 0 Å². The van der Waals surface area contributed by atoms with Gasteiger partial charge in [0.1, 0.15) is 5.75 Å². The van der Waals surface area contributed by atoms with Crippen LogP contribution in [0.2, 0.25) is 0 Å². The zero-order valence-corrected chi connectivity index (χ0v) is 10.6. The van der Waals surface area contributed by atoms with E-state index < -0.39 is 11.9 Å². The minimum atomic E-state index is -0.952. The monoisotopic (exact) mass is 247 g/mol. The number of carboxylic acids is 1. The fourth-order valence-electron chi connectivity index (χ4n) is 1.85. The highest BCUT2D eigenvalue weighted by molar-refractivity contribution is 5.67. The molecule has 0 amide bonds. The van der Waals surface area contributed by atoms with Gasteiger partial charge in [-0.05, 0) is 30.0 Å². The molecule has 1 rings (SSSR count). The second kappa shape index (κ2) is 6.65. The van der Waals surface area contributed by atoms with Gasteiger partial charge in [-0.1, -0.05) is 19.1 Å². The molecule has 0 fully saturated rings. The molecule has 1 aromatic carbocycles. The predicted octanol–water partition coefficient (Wildman–Crippen LogP) is 2.41. The quantitative estimate of drug-likeness (QED) is 0.838. The Bertz CT molecular complexity index is 463. The van der Waals surface area contributed by atoms with Crippen molar-refractivity contribution in [3.05, 3.63) is 29.3 Å². The van der Waals surface area contributed by atoms with Crippen molar-refractivity contribution in [1.82, 2.24) is 0 Å². The zero-order chi connectivity index (χ0) is 13.5. The normalized spacial score (nSPS) is 11.6. The third-order valence-corrected chi connectivity index (χ3v) is 2.82. The number of methoxy groups -OCH3 is 1. The van der Waals surface area contributed by atoms with Gasteiger partial charge in [0.05, 0.1) is 25.5 Å². The third-order valence-electron chi connectivity index (χ3n) is 2.82. The Kier molecular flexibility index (Phi) is 5.19. The summed E-state index contributed by atoms with van der Waals surface area (Å²) in [5, 5.41) is 17.7. The standard InChI is InChI=1S/C14H17NO3/c1-3-10-4-5-13(18-2)12(6-10)7-11(9-15)8-14(16)17/h4-6,11H,3,7-8H2,1-2H3,(H,16,17). The highest BCUT2D eigenvalue weighted by atomic mass is 16.5. The number of nitrogens with zero attached hydrogens (tertiary/aromatic N) is 1. The molecule has 1 aromatic rings. The smallest absolute Gasteiger partial charge is 0.304 e. The number of nitriles is 1. The van der Waals surface area contributed by atoms with Crippen molar-refractivity contribution >= 4 is 5.97 Å². The van der Waals surface area contributed by atoms with Crippen molar-refractivity contribution in [1.29, 1.82) is 5.26 Å². The Hall–Kier alpha value is -2.02. The van der Waals surface area contributed by atoms with E-state index in [2.05, 4.69) is 0 Å². The van der Waals surface area contributed by atoms with E-state index in [1.54, 1.807) is 7.11 Å². The lowest BCUT2D eigenvalue weighted by Crippen LogP contribution is -2.09. The van der Waals surface area contributed by atoms with Crippen LogP contribution in [0.4, 0.5) is 0 Å². The minimum Gasteiger partial charge on any atom is -0.496 e. The van der Waals surface area contributed by atoms with Crippen LogP contribution in [0.5, 0.6) is 5.75 Å².